The molecule has 28 heavy (non-hydrogen) atoms. The summed E-state index contributed by atoms with van der Waals surface area (Å²) in [7, 11) is 1.67. The zero-order valence-corrected chi connectivity index (χ0v) is 18.4. The number of carbonyl (C=O) groups excluding carboxylic acids is 2. The second-order valence-corrected chi connectivity index (χ2v) is 6.36. The quantitative estimate of drug-likeness (QED) is 0.204. The largest absolute Gasteiger partial charge is 0.356 e. The average Bonchev–Trinajstić information content (AvgIpc) is 2.93. The molecule has 0 aliphatic carbocycles. The minimum absolute atomic E-state index is 0. The molecule has 0 bridgehead atoms. The van der Waals surface area contributed by atoms with Gasteiger partial charge in [-0.05, 0) is 30.2 Å². The Morgan fingerprint density at radius 2 is 1.71 bits per heavy atom. The van der Waals surface area contributed by atoms with Crippen LogP contribution in [0.15, 0.2) is 47.6 Å². The fraction of sp³-hybridized carbons (Fsp3) is 0.263. The van der Waals surface area contributed by atoms with E-state index in [-0.39, 0.29) is 42.3 Å². The molecule has 0 saturated heterocycles. The van der Waals surface area contributed by atoms with E-state index in [1.807, 2.05) is 6.07 Å². The fourth-order valence-corrected chi connectivity index (χ4v) is 2.94. The fourth-order valence-electron chi connectivity index (χ4n) is 2.83. The topological polar surface area (TPSA) is 86.7 Å². The van der Waals surface area contributed by atoms with Gasteiger partial charge in [-0.25, -0.2) is 4.98 Å². The minimum atomic E-state index is -0.254. The first-order valence-corrected chi connectivity index (χ1v) is 8.98. The number of hydrogen-bond acceptors (Lipinski definition) is 4. The van der Waals surface area contributed by atoms with Crippen LogP contribution in [0.1, 0.15) is 26.3 Å². The summed E-state index contributed by atoms with van der Waals surface area (Å²) in [6.07, 6.45) is 2.51. The van der Waals surface area contributed by atoms with Crippen molar-refractivity contribution in [1.82, 2.24) is 20.5 Å². The first kappa shape index (κ1) is 22.1. The van der Waals surface area contributed by atoms with Gasteiger partial charge in [-0.3, -0.25) is 19.5 Å². The lowest BCUT2D eigenvalue weighted by atomic mass is 10.1. The van der Waals surface area contributed by atoms with Crippen molar-refractivity contribution in [2.45, 2.75) is 6.42 Å². The molecule has 1 aliphatic heterocycles. The molecule has 3 rings (SSSR count). The SMILES string of the molecule is CN=C(NCCc1ccc(Cl)nc1)NCCN1C(=O)c2ccccc2C1=O.I. The Bertz CT molecular complexity index is 838. The van der Waals surface area contributed by atoms with E-state index in [1.165, 1.54) is 4.90 Å². The van der Waals surface area contributed by atoms with Crippen LogP contribution in [0.5, 0.6) is 0 Å². The average molecular weight is 514 g/mol. The zero-order valence-electron chi connectivity index (χ0n) is 15.3. The number of carbonyl (C=O) groups is 2. The third-order valence-electron chi connectivity index (χ3n) is 4.22. The molecule has 0 atom stereocenters. The predicted octanol–water partition coefficient (Wildman–Crippen LogP) is 2.36. The molecule has 0 saturated carbocycles. The highest BCUT2D eigenvalue weighted by molar-refractivity contribution is 14.0. The molecular weight excluding hydrogens is 493 g/mol. The van der Waals surface area contributed by atoms with E-state index in [0.717, 1.165) is 12.0 Å². The second kappa shape index (κ2) is 10.4. The highest BCUT2D eigenvalue weighted by Gasteiger charge is 2.34. The second-order valence-electron chi connectivity index (χ2n) is 5.97. The molecule has 9 heteroatoms. The number of nitrogens with one attached hydrogen (secondary N) is 2. The summed E-state index contributed by atoms with van der Waals surface area (Å²) in [5, 5.41) is 6.77. The van der Waals surface area contributed by atoms with Gasteiger partial charge >= 0.3 is 0 Å². The van der Waals surface area contributed by atoms with Gasteiger partial charge in [0.1, 0.15) is 5.15 Å². The van der Waals surface area contributed by atoms with E-state index >= 15 is 0 Å². The summed E-state index contributed by atoms with van der Waals surface area (Å²) in [6, 6.07) is 10.5. The van der Waals surface area contributed by atoms with E-state index < -0.39 is 0 Å². The van der Waals surface area contributed by atoms with Crippen molar-refractivity contribution in [3.05, 3.63) is 64.4 Å². The summed E-state index contributed by atoms with van der Waals surface area (Å²) in [5.41, 5.74) is 1.98. The number of aliphatic imine (C=N–C) groups is 1. The Morgan fingerprint density at radius 3 is 2.29 bits per heavy atom. The van der Waals surface area contributed by atoms with Crippen LogP contribution in [0.3, 0.4) is 0 Å². The maximum atomic E-state index is 12.3. The van der Waals surface area contributed by atoms with Crippen LogP contribution in [-0.2, 0) is 6.42 Å². The Balaban J connectivity index is 0.00000280. The molecule has 1 aromatic heterocycles. The lowest BCUT2D eigenvalue weighted by molar-refractivity contribution is 0.0657. The number of fused-ring (bicyclic) bond motifs is 1. The molecule has 2 amide bonds. The van der Waals surface area contributed by atoms with Crippen molar-refractivity contribution < 1.29 is 9.59 Å². The highest BCUT2D eigenvalue weighted by atomic mass is 127. The van der Waals surface area contributed by atoms with Crippen LogP contribution < -0.4 is 10.6 Å². The normalized spacial score (nSPS) is 13.2. The van der Waals surface area contributed by atoms with Gasteiger partial charge in [0, 0.05) is 32.9 Å². The summed E-state index contributed by atoms with van der Waals surface area (Å²) in [6.45, 7) is 1.35. The van der Waals surface area contributed by atoms with Crippen molar-refractivity contribution in [2.24, 2.45) is 4.99 Å². The molecular formula is C19H21ClIN5O2. The number of aromatic nitrogens is 1. The van der Waals surface area contributed by atoms with Crippen LogP contribution in [0.25, 0.3) is 0 Å². The van der Waals surface area contributed by atoms with Gasteiger partial charge in [0.05, 0.1) is 11.1 Å². The maximum absolute atomic E-state index is 12.3. The summed E-state index contributed by atoms with van der Waals surface area (Å²) in [4.78, 5) is 34.1. The molecule has 148 valence electrons. The van der Waals surface area contributed by atoms with Crippen LogP contribution >= 0.6 is 35.6 Å². The van der Waals surface area contributed by atoms with Gasteiger partial charge < -0.3 is 10.6 Å². The predicted molar refractivity (Wildman–Crippen MR) is 120 cm³/mol. The van der Waals surface area contributed by atoms with E-state index in [1.54, 1.807) is 43.6 Å². The molecule has 2 N–H and O–H groups in total. The standard InChI is InChI=1S/C19H20ClN5O2.HI/c1-21-19(22-9-8-13-6-7-16(20)24-12-13)23-10-11-25-17(26)14-4-2-3-5-15(14)18(25)27;/h2-7,12H,8-11H2,1H3,(H2,21,22,23);1H. The number of hydrogen-bond donors (Lipinski definition) is 2. The molecule has 0 unspecified atom stereocenters. The number of guanidine groups is 1. The first-order valence-electron chi connectivity index (χ1n) is 8.60. The van der Waals surface area contributed by atoms with Gasteiger partial charge in [0.25, 0.3) is 11.8 Å². The van der Waals surface area contributed by atoms with Gasteiger partial charge in [0.2, 0.25) is 0 Å². The van der Waals surface area contributed by atoms with E-state index in [2.05, 4.69) is 20.6 Å². The molecule has 0 fully saturated rings. The summed E-state index contributed by atoms with van der Waals surface area (Å²) >= 11 is 5.77. The lowest BCUT2D eigenvalue weighted by Crippen LogP contribution is -2.43. The Morgan fingerprint density at radius 1 is 1.07 bits per heavy atom. The number of amides is 2. The molecule has 1 aliphatic rings. The van der Waals surface area contributed by atoms with Gasteiger partial charge in [0.15, 0.2) is 5.96 Å². The summed E-state index contributed by atoms with van der Waals surface area (Å²) < 4.78 is 0. The van der Waals surface area contributed by atoms with Gasteiger partial charge in [-0.2, -0.15) is 0 Å². The van der Waals surface area contributed by atoms with E-state index in [9.17, 15) is 9.59 Å². The van der Waals surface area contributed by atoms with Crippen LogP contribution in [-0.4, -0.2) is 54.3 Å². The smallest absolute Gasteiger partial charge is 0.261 e. The monoisotopic (exact) mass is 513 g/mol. The Labute approximate surface area is 185 Å². The molecule has 1 aromatic carbocycles. The van der Waals surface area contributed by atoms with Crippen molar-refractivity contribution in [3.63, 3.8) is 0 Å². The zero-order chi connectivity index (χ0) is 19.2. The van der Waals surface area contributed by atoms with Gasteiger partial charge in [-0.1, -0.05) is 29.8 Å². The third kappa shape index (κ3) is 5.20. The molecule has 2 heterocycles. The van der Waals surface area contributed by atoms with Crippen LogP contribution in [0.2, 0.25) is 5.15 Å². The number of nitrogens with zero attached hydrogens (tertiary/aromatic N) is 3. The molecule has 0 radical (unpaired) electrons. The summed E-state index contributed by atoms with van der Waals surface area (Å²) in [5.74, 6) is 0.0969. The number of rotatable bonds is 6. The van der Waals surface area contributed by atoms with Gasteiger partial charge in [-0.15, -0.1) is 24.0 Å². The minimum Gasteiger partial charge on any atom is -0.356 e. The third-order valence-corrected chi connectivity index (χ3v) is 4.45. The maximum Gasteiger partial charge on any atom is 0.261 e. The number of benzene rings is 1. The molecule has 2 aromatic rings. The van der Waals surface area contributed by atoms with Crippen molar-refractivity contribution in [3.8, 4) is 0 Å². The van der Waals surface area contributed by atoms with E-state index in [0.29, 0.717) is 35.3 Å². The number of imide groups is 1. The molecule has 0 spiro atoms. The van der Waals surface area contributed by atoms with E-state index in [4.69, 9.17) is 11.6 Å². The highest BCUT2D eigenvalue weighted by Crippen LogP contribution is 2.21. The Kier molecular flexibility index (Phi) is 8.18. The van der Waals surface area contributed by atoms with Crippen molar-refractivity contribution in [2.75, 3.05) is 26.7 Å². The number of halogens is 2. The van der Waals surface area contributed by atoms with Crippen LogP contribution in [0, 0.1) is 0 Å². The van der Waals surface area contributed by atoms with Crippen molar-refractivity contribution in [1.29, 1.82) is 0 Å². The molecule has 7 nitrogen and oxygen atoms in total. The van der Waals surface area contributed by atoms with Crippen molar-refractivity contribution >= 4 is 53.4 Å². The first-order chi connectivity index (χ1) is 13.1. The number of pyridine rings is 1. The lowest BCUT2D eigenvalue weighted by Gasteiger charge is -2.16. The Hall–Kier alpha value is -2.20. The van der Waals surface area contributed by atoms with Crippen LogP contribution in [0.4, 0.5) is 0 Å².